The van der Waals surface area contributed by atoms with Crippen molar-refractivity contribution in [3.8, 4) is 11.5 Å². The molecule has 3 rings (SSSR count). The van der Waals surface area contributed by atoms with Crippen LogP contribution in [-0.2, 0) is 7.05 Å². The first-order chi connectivity index (χ1) is 14.4. The fraction of sp³-hybridized carbons (Fsp3) is 0.458. The Labute approximate surface area is 178 Å². The van der Waals surface area contributed by atoms with Gasteiger partial charge in [-0.2, -0.15) is 0 Å². The molecule has 0 aliphatic carbocycles. The number of fused-ring (bicyclic) bond motifs is 2. The number of aromatic nitrogens is 1. The quantitative estimate of drug-likeness (QED) is 0.378. The van der Waals surface area contributed by atoms with E-state index >= 15 is 0 Å². The molecule has 3 aromatic rings. The summed E-state index contributed by atoms with van der Waals surface area (Å²) in [6, 6.07) is 11.4. The first-order valence-electron chi connectivity index (χ1n) is 10.5. The third kappa shape index (κ3) is 5.32. The van der Waals surface area contributed by atoms with Crippen molar-refractivity contribution in [3.05, 3.63) is 46.6 Å². The summed E-state index contributed by atoms with van der Waals surface area (Å²) in [5, 5.41) is 1.40. The minimum atomic E-state index is 0.0383. The number of nitrogens with zero attached hydrogens (tertiary/aromatic N) is 3. The molecule has 2 aromatic carbocycles. The fourth-order valence-electron chi connectivity index (χ4n) is 3.56. The maximum absolute atomic E-state index is 13.0. The normalized spacial score (nSPS) is 11.7. The second-order valence-electron chi connectivity index (χ2n) is 8.26. The van der Waals surface area contributed by atoms with E-state index in [0.29, 0.717) is 24.0 Å². The van der Waals surface area contributed by atoms with Crippen molar-refractivity contribution in [1.29, 1.82) is 0 Å². The predicted octanol–water partition coefficient (Wildman–Crippen LogP) is 3.35. The lowest BCUT2D eigenvalue weighted by Crippen LogP contribution is -2.16. The number of rotatable bonds is 10. The van der Waals surface area contributed by atoms with E-state index in [1.165, 1.54) is 0 Å². The number of aryl methyl sites for hydroxylation is 1. The summed E-state index contributed by atoms with van der Waals surface area (Å²) in [7, 11) is 10.2. The van der Waals surface area contributed by atoms with Gasteiger partial charge in [0.25, 0.3) is 0 Å². The molecule has 0 radical (unpaired) electrons. The molecule has 0 aliphatic rings. The molecule has 30 heavy (non-hydrogen) atoms. The van der Waals surface area contributed by atoms with Gasteiger partial charge in [0.15, 0.2) is 5.43 Å². The second kappa shape index (κ2) is 9.96. The van der Waals surface area contributed by atoms with Crippen LogP contribution in [0, 0.1) is 0 Å². The van der Waals surface area contributed by atoms with Gasteiger partial charge in [0.2, 0.25) is 0 Å². The van der Waals surface area contributed by atoms with Crippen LogP contribution in [0.1, 0.15) is 12.8 Å². The molecule has 0 bridgehead atoms. The summed E-state index contributed by atoms with van der Waals surface area (Å²) in [6.07, 6.45) is 1.91. The summed E-state index contributed by atoms with van der Waals surface area (Å²) >= 11 is 0. The fourth-order valence-corrected chi connectivity index (χ4v) is 3.56. The molecular formula is C24H33N3O3. The third-order valence-corrected chi connectivity index (χ3v) is 5.19. The standard InChI is InChI=1S/C24H33N3O3/c1-25(2)12-6-14-29-18-8-10-20-22(16-18)27(5)23-17-19(9-11-21(23)24(20)28)30-15-7-13-26(3)4/h8-11,16-17H,6-7,12-15H2,1-5H3. The minimum absolute atomic E-state index is 0.0383. The summed E-state index contributed by atoms with van der Waals surface area (Å²) in [6.45, 7) is 3.26. The van der Waals surface area contributed by atoms with E-state index in [2.05, 4.69) is 38.0 Å². The molecule has 0 aliphatic heterocycles. The highest BCUT2D eigenvalue weighted by atomic mass is 16.5. The molecule has 0 saturated heterocycles. The summed E-state index contributed by atoms with van der Waals surface area (Å²) < 4.78 is 13.9. The molecule has 6 heteroatoms. The predicted molar refractivity (Wildman–Crippen MR) is 124 cm³/mol. The van der Waals surface area contributed by atoms with E-state index in [4.69, 9.17) is 9.47 Å². The zero-order valence-electron chi connectivity index (χ0n) is 18.8. The monoisotopic (exact) mass is 411 g/mol. The topological polar surface area (TPSA) is 46.9 Å². The average Bonchev–Trinajstić information content (AvgIpc) is 2.72. The average molecular weight is 412 g/mol. The molecule has 0 unspecified atom stereocenters. The lowest BCUT2D eigenvalue weighted by Gasteiger charge is -2.15. The van der Waals surface area contributed by atoms with E-state index in [0.717, 1.165) is 48.5 Å². The van der Waals surface area contributed by atoms with Crippen LogP contribution in [0.15, 0.2) is 41.2 Å². The Morgan fingerprint density at radius 3 is 1.60 bits per heavy atom. The molecule has 6 nitrogen and oxygen atoms in total. The van der Waals surface area contributed by atoms with Crippen molar-refractivity contribution in [2.75, 3.05) is 54.5 Å². The Bertz CT molecular complexity index is 977. The van der Waals surface area contributed by atoms with Crippen LogP contribution in [0.5, 0.6) is 11.5 Å². The van der Waals surface area contributed by atoms with E-state index in [1.807, 2.05) is 48.0 Å². The number of pyridine rings is 1. The van der Waals surface area contributed by atoms with Gasteiger partial charge in [0.05, 0.1) is 24.2 Å². The van der Waals surface area contributed by atoms with E-state index < -0.39 is 0 Å². The Morgan fingerprint density at radius 2 is 1.20 bits per heavy atom. The van der Waals surface area contributed by atoms with Gasteiger partial charge >= 0.3 is 0 Å². The second-order valence-corrected chi connectivity index (χ2v) is 8.26. The Morgan fingerprint density at radius 1 is 0.767 bits per heavy atom. The van der Waals surface area contributed by atoms with Crippen LogP contribution >= 0.6 is 0 Å². The molecule has 0 N–H and O–H groups in total. The van der Waals surface area contributed by atoms with Crippen LogP contribution in [0.2, 0.25) is 0 Å². The molecule has 1 aromatic heterocycles. The molecule has 162 valence electrons. The molecule has 1 heterocycles. The van der Waals surface area contributed by atoms with Crippen LogP contribution in [0.25, 0.3) is 21.8 Å². The molecule has 0 amide bonds. The maximum atomic E-state index is 13.0. The Kier molecular flexibility index (Phi) is 7.34. The Balaban J connectivity index is 1.86. The van der Waals surface area contributed by atoms with Crippen LogP contribution in [-0.4, -0.2) is 68.9 Å². The highest BCUT2D eigenvalue weighted by molar-refractivity contribution is 5.94. The van der Waals surface area contributed by atoms with Gasteiger partial charge in [-0.1, -0.05) is 0 Å². The third-order valence-electron chi connectivity index (χ3n) is 5.19. The summed E-state index contributed by atoms with van der Waals surface area (Å²) in [4.78, 5) is 17.3. The first kappa shape index (κ1) is 22.1. The van der Waals surface area contributed by atoms with E-state index in [9.17, 15) is 4.79 Å². The van der Waals surface area contributed by atoms with Crippen molar-refractivity contribution >= 4 is 21.8 Å². The van der Waals surface area contributed by atoms with Crippen LogP contribution in [0.3, 0.4) is 0 Å². The number of benzene rings is 2. The number of hydrogen-bond donors (Lipinski definition) is 0. The maximum Gasteiger partial charge on any atom is 0.197 e. The zero-order valence-corrected chi connectivity index (χ0v) is 18.8. The summed E-state index contributed by atoms with van der Waals surface area (Å²) in [5.41, 5.74) is 1.76. The lowest BCUT2D eigenvalue weighted by atomic mass is 10.1. The van der Waals surface area contributed by atoms with Crippen molar-refractivity contribution in [2.45, 2.75) is 12.8 Å². The molecule has 0 saturated carbocycles. The van der Waals surface area contributed by atoms with Gasteiger partial charge in [-0.3, -0.25) is 4.79 Å². The van der Waals surface area contributed by atoms with Gasteiger partial charge in [-0.25, -0.2) is 0 Å². The van der Waals surface area contributed by atoms with Crippen molar-refractivity contribution < 1.29 is 9.47 Å². The van der Waals surface area contributed by atoms with E-state index in [1.54, 1.807) is 0 Å². The number of ether oxygens (including phenoxy) is 2. The van der Waals surface area contributed by atoms with Crippen LogP contribution < -0.4 is 14.9 Å². The van der Waals surface area contributed by atoms with Gasteiger partial charge in [-0.15, -0.1) is 0 Å². The van der Waals surface area contributed by atoms with Crippen molar-refractivity contribution in [2.24, 2.45) is 7.05 Å². The van der Waals surface area contributed by atoms with Crippen LogP contribution in [0.4, 0.5) is 0 Å². The van der Waals surface area contributed by atoms with E-state index in [-0.39, 0.29) is 5.43 Å². The number of hydrogen-bond acceptors (Lipinski definition) is 5. The highest BCUT2D eigenvalue weighted by Gasteiger charge is 2.11. The van der Waals surface area contributed by atoms with Crippen molar-refractivity contribution in [1.82, 2.24) is 14.4 Å². The largest absolute Gasteiger partial charge is 0.493 e. The lowest BCUT2D eigenvalue weighted by molar-refractivity contribution is 0.282. The minimum Gasteiger partial charge on any atom is -0.493 e. The molecule has 0 spiro atoms. The van der Waals surface area contributed by atoms with Gasteiger partial charge in [-0.05, 0) is 65.3 Å². The summed E-state index contributed by atoms with van der Waals surface area (Å²) in [5.74, 6) is 1.57. The SMILES string of the molecule is CN(C)CCCOc1ccc2c(=O)c3ccc(OCCCN(C)C)cc3n(C)c2c1. The van der Waals surface area contributed by atoms with Gasteiger partial charge < -0.3 is 23.8 Å². The Hall–Kier alpha value is -2.57. The first-order valence-corrected chi connectivity index (χ1v) is 10.5. The smallest absolute Gasteiger partial charge is 0.197 e. The van der Waals surface area contributed by atoms with Gasteiger partial charge in [0, 0.05) is 43.0 Å². The van der Waals surface area contributed by atoms with Crippen molar-refractivity contribution in [3.63, 3.8) is 0 Å². The molecular weight excluding hydrogens is 378 g/mol. The highest BCUT2D eigenvalue weighted by Crippen LogP contribution is 2.25. The molecule has 0 fully saturated rings. The van der Waals surface area contributed by atoms with Gasteiger partial charge in [0.1, 0.15) is 11.5 Å². The zero-order chi connectivity index (χ0) is 21.7. The molecule has 0 atom stereocenters.